The molecule has 0 spiro atoms. The quantitative estimate of drug-likeness (QED) is 0.299. The largest absolute Gasteiger partial charge is 0.416 e. The van der Waals surface area contributed by atoms with Gasteiger partial charge < -0.3 is 4.90 Å². The maximum Gasteiger partial charge on any atom is 0.416 e. The standard InChI is InChI=1S/C29H18F3N/c1-2-22-15-19-27(20-16-22)33(26-8-4-3-5-9-26)28-10-6-7-24(21-28)12-11-23-13-17-25(18-14-23)29(30,31)32/h1,3-10,13-21H. The second-order valence-corrected chi connectivity index (χ2v) is 7.24. The fourth-order valence-corrected chi connectivity index (χ4v) is 3.34. The van der Waals surface area contributed by atoms with Crippen LogP contribution >= 0.6 is 0 Å². The van der Waals surface area contributed by atoms with Crippen molar-refractivity contribution in [2.75, 3.05) is 4.90 Å². The van der Waals surface area contributed by atoms with Crippen molar-refractivity contribution in [2.24, 2.45) is 0 Å². The van der Waals surface area contributed by atoms with E-state index in [9.17, 15) is 13.2 Å². The summed E-state index contributed by atoms with van der Waals surface area (Å²) in [5, 5.41) is 0. The third kappa shape index (κ3) is 5.26. The van der Waals surface area contributed by atoms with E-state index in [4.69, 9.17) is 6.42 Å². The van der Waals surface area contributed by atoms with Crippen LogP contribution in [0, 0.1) is 24.2 Å². The van der Waals surface area contributed by atoms with Crippen molar-refractivity contribution in [1.29, 1.82) is 0 Å². The first kappa shape index (κ1) is 21.8. The van der Waals surface area contributed by atoms with Gasteiger partial charge in [-0.3, -0.25) is 0 Å². The summed E-state index contributed by atoms with van der Waals surface area (Å²) in [7, 11) is 0. The molecule has 0 aliphatic heterocycles. The van der Waals surface area contributed by atoms with Gasteiger partial charge in [-0.15, -0.1) is 6.42 Å². The number of nitrogens with zero attached hydrogens (tertiary/aromatic N) is 1. The first-order valence-electron chi connectivity index (χ1n) is 10.2. The summed E-state index contributed by atoms with van der Waals surface area (Å²) >= 11 is 0. The molecule has 0 fully saturated rings. The topological polar surface area (TPSA) is 3.24 Å². The minimum absolute atomic E-state index is 0.512. The molecule has 0 aliphatic rings. The van der Waals surface area contributed by atoms with Crippen LogP contribution in [0.25, 0.3) is 0 Å². The molecule has 4 aromatic rings. The molecule has 33 heavy (non-hydrogen) atoms. The second-order valence-electron chi connectivity index (χ2n) is 7.24. The molecule has 0 unspecified atom stereocenters. The van der Waals surface area contributed by atoms with E-state index in [0.717, 1.165) is 40.3 Å². The van der Waals surface area contributed by atoms with Crippen LogP contribution in [0.1, 0.15) is 22.3 Å². The lowest BCUT2D eigenvalue weighted by atomic mass is 10.1. The lowest BCUT2D eigenvalue weighted by Gasteiger charge is -2.25. The van der Waals surface area contributed by atoms with Gasteiger partial charge in [0.1, 0.15) is 0 Å². The van der Waals surface area contributed by atoms with E-state index >= 15 is 0 Å². The van der Waals surface area contributed by atoms with Crippen molar-refractivity contribution in [2.45, 2.75) is 6.18 Å². The molecule has 1 nitrogen and oxygen atoms in total. The number of hydrogen-bond donors (Lipinski definition) is 0. The molecule has 0 N–H and O–H groups in total. The highest BCUT2D eigenvalue weighted by Crippen LogP contribution is 2.34. The van der Waals surface area contributed by atoms with Crippen LogP contribution in [0.4, 0.5) is 30.2 Å². The number of rotatable bonds is 3. The van der Waals surface area contributed by atoms with Crippen LogP contribution in [0.5, 0.6) is 0 Å². The average Bonchev–Trinajstić information content (AvgIpc) is 2.84. The van der Waals surface area contributed by atoms with E-state index in [1.165, 1.54) is 12.1 Å². The van der Waals surface area contributed by atoms with Gasteiger partial charge in [0.15, 0.2) is 0 Å². The molecule has 0 atom stereocenters. The summed E-state index contributed by atoms with van der Waals surface area (Å²) in [6.07, 6.45) is 1.13. The highest BCUT2D eigenvalue weighted by atomic mass is 19.4. The molecular formula is C29H18F3N. The Hall–Kier alpha value is -4.41. The Balaban J connectivity index is 1.68. The fraction of sp³-hybridized carbons (Fsp3) is 0.0345. The van der Waals surface area contributed by atoms with Gasteiger partial charge in [-0.25, -0.2) is 0 Å². The summed E-state index contributed by atoms with van der Waals surface area (Å²) in [6.45, 7) is 0. The normalized spacial score (nSPS) is 10.6. The van der Waals surface area contributed by atoms with Gasteiger partial charge in [0, 0.05) is 33.8 Å². The van der Waals surface area contributed by atoms with E-state index in [1.807, 2.05) is 78.9 Å². The second kappa shape index (κ2) is 9.39. The van der Waals surface area contributed by atoms with Crippen LogP contribution in [-0.4, -0.2) is 0 Å². The Morgan fingerprint density at radius 3 is 1.79 bits per heavy atom. The number of anilines is 3. The van der Waals surface area contributed by atoms with Gasteiger partial charge in [0.05, 0.1) is 5.56 Å². The average molecular weight is 437 g/mol. The lowest BCUT2D eigenvalue weighted by Crippen LogP contribution is -2.09. The predicted octanol–water partition coefficient (Wildman–Crippen LogP) is 7.56. The van der Waals surface area contributed by atoms with E-state index in [0.29, 0.717) is 5.56 Å². The summed E-state index contributed by atoms with van der Waals surface area (Å²) in [6, 6.07) is 30.1. The molecule has 4 rings (SSSR count). The summed E-state index contributed by atoms with van der Waals surface area (Å²) in [5.74, 6) is 8.62. The third-order valence-electron chi connectivity index (χ3n) is 4.97. The van der Waals surface area contributed by atoms with Gasteiger partial charge in [0.2, 0.25) is 0 Å². The minimum Gasteiger partial charge on any atom is -0.310 e. The first-order chi connectivity index (χ1) is 15.9. The van der Waals surface area contributed by atoms with Crippen molar-refractivity contribution in [1.82, 2.24) is 0 Å². The van der Waals surface area contributed by atoms with Crippen molar-refractivity contribution in [3.8, 4) is 24.2 Å². The zero-order valence-corrected chi connectivity index (χ0v) is 17.5. The van der Waals surface area contributed by atoms with E-state index < -0.39 is 11.7 Å². The van der Waals surface area contributed by atoms with Crippen LogP contribution < -0.4 is 4.90 Å². The molecule has 4 heteroatoms. The SMILES string of the molecule is C#Cc1ccc(N(c2ccccc2)c2cccc(C#Cc3ccc(C(F)(F)F)cc3)c2)cc1. The molecule has 0 saturated carbocycles. The summed E-state index contributed by atoms with van der Waals surface area (Å²) < 4.78 is 38.3. The predicted molar refractivity (Wildman–Crippen MR) is 126 cm³/mol. The van der Waals surface area contributed by atoms with E-state index in [1.54, 1.807) is 0 Å². The van der Waals surface area contributed by atoms with Gasteiger partial charge >= 0.3 is 6.18 Å². The van der Waals surface area contributed by atoms with Crippen molar-refractivity contribution in [3.05, 3.63) is 125 Å². The van der Waals surface area contributed by atoms with Crippen molar-refractivity contribution < 1.29 is 13.2 Å². The Labute approximate surface area is 191 Å². The van der Waals surface area contributed by atoms with Gasteiger partial charge in [-0.2, -0.15) is 13.2 Å². The molecule has 0 aromatic heterocycles. The van der Waals surface area contributed by atoms with E-state index in [-0.39, 0.29) is 0 Å². The number of alkyl halides is 3. The monoisotopic (exact) mass is 437 g/mol. The highest BCUT2D eigenvalue weighted by Gasteiger charge is 2.29. The van der Waals surface area contributed by atoms with Crippen LogP contribution in [0.2, 0.25) is 0 Å². The maximum atomic E-state index is 12.8. The Kier molecular flexibility index (Phi) is 6.20. The maximum absolute atomic E-state index is 12.8. The lowest BCUT2D eigenvalue weighted by molar-refractivity contribution is -0.137. The smallest absolute Gasteiger partial charge is 0.310 e. The van der Waals surface area contributed by atoms with Crippen molar-refractivity contribution in [3.63, 3.8) is 0 Å². The van der Waals surface area contributed by atoms with Crippen molar-refractivity contribution >= 4 is 17.1 Å². The van der Waals surface area contributed by atoms with Crippen LogP contribution in [0.15, 0.2) is 103 Å². The molecule has 160 valence electrons. The molecular weight excluding hydrogens is 419 g/mol. The van der Waals surface area contributed by atoms with Gasteiger partial charge in [0.25, 0.3) is 0 Å². The third-order valence-corrected chi connectivity index (χ3v) is 4.97. The molecule has 0 saturated heterocycles. The zero-order chi connectivity index (χ0) is 23.3. The molecule has 0 amide bonds. The first-order valence-corrected chi connectivity index (χ1v) is 10.2. The molecule has 0 radical (unpaired) electrons. The van der Waals surface area contributed by atoms with Crippen LogP contribution in [-0.2, 0) is 6.18 Å². The Bertz CT molecular complexity index is 1340. The Morgan fingerprint density at radius 2 is 1.15 bits per heavy atom. The number of halogens is 3. The molecule has 0 bridgehead atoms. The zero-order valence-electron chi connectivity index (χ0n) is 17.5. The summed E-state index contributed by atoms with van der Waals surface area (Å²) in [4.78, 5) is 2.09. The Morgan fingerprint density at radius 1 is 0.576 bits per heavy atom. The van der Waals surface area contributed by atoms with Gasteiger partial charge in [-0.05, 0) is 78.9 Å². The number of benzene rings is 4. The van der Waals surface area contributed by atoms with E-state index in [2.05, 4.69) is 22.7 Å². The molecule has 0 heterocycles. The highest BCUT2D eigenvalue weighted by molar-refractivity contribution is 5.77. The number of para-hydroxylation sites is 1. The fourth-order valence-electron chi connectivity index (χ4n) is 3.34. The van der Waals surface area contributed by atoms with Crippen LogP contribution in [0.3, 0.4) is 0 Å². The minimum atomic E-state index is -4.36. The number of hydrogen-bond acceptors (Lipinski definition) is 1. The number of terminal acetylenes is 1. The molecule has 0 aliphatic carbocycles. The summed E-state index contributed by atoms with van der Waals surface area (Å²) in [5.41, 5.74) is 4.17. The van der Waals surface area contributed by atoms with Gasteiger partial charge in [-0.1, -0.05) is 42.0 Å². The molecule has 4 aromatic carbocycles.